The zero-order chi connectivity index (χ0) is 19.9. The van der Waals surface area contributed by atoms with Gasteiger partial charge in [0.15, 0.2) is 0 Å². The van der Waals surface area contributed by atoms with Crippen molar-refractivity contribution in [2.24, 2.45) is 0 Å². The fraction of sp³-hybridized carbons (Fsp3) is 0.526. The van der Waals surface area contributed by atoms with Gasteiger partial charge >= 0.3 is 6.09 Å². The number of ether oxygens (including phenoxy) is 1. The number of hydrogen-bond donors (Lipinski definition) is 1. The van der Waals surface area contributed by atoms with Crippen LogP contribution in [0.4, 0.5) is 4.79 Å². The number of rotatable bonds is 8. The van der Waals surface area contributed by atoms with E-state index in [2.05, 4.69) is 40.6 Å². The van der Waals surface area contributed by atoms with Crippen LogP contribution in [0.25, 0.3) is 0 Å². The quantitative estimate of drug-likeness (QED) is 0.615. The predicted molar refractivity (Wildman–Crippen MR) is 110 cm³/mol. The predicted octanol–water partition coefficient (Wildman–Crippen LogP) is 4.99. The number of nitrogens with zero attached hydrogens (tertiary/aromatic N) is 2. The summed E-state index contributed by atoms with van der Waals surface area (Å²) in [5.74, 6) is 2.01. The van der Waals surface area contributed by atoms with Gasteiger partial charge in [-0.25, -0.2) is 4.79 Å². The van der Waals surface area contributed by atoms with Crippen molar-refractivity contribution in [1.82, 2.24) is 15.5 Å². The molecule has 1 aromatic heterocycles. The monoisotopic (exact) mass is 409 g/mol. The number of aromatic nitrogens is 2. The number of aryl methyl sites for hydroxylation is 1. The van der Waals surface area contributed by atoms with Crippen molar-refractivity contribution in [3.8, 4) is 0 Å². The molecule has 0 saturated heterocycles. The van der Waals surface area contributed by atoms with Gasteiger partial charge in [0.1, 0.15) is 11.6 Å². The fourth-order valence-electron chi connectivity index (χ4n) is 2.31. The molecule has 8 heteroatoms. The maximum atomic E-state index is 12.1. The molecule has 1 amide bonds. The van der Waals surface area contributed by atoms with Crippen molar-refractivity contribution in [1.29, 1.82) is 0 Å². The fourth-order valence-corrected chi connectivity index (χ4v) is 3.49. The maximum absolute atomic E-state index is 12.1. The zero-order valence-corrected chi connectivity index (χ0v) is 18.1. The van der Waals surface area contributed by atoms with E-state index in [-0.39, 0.29) is 6.04 Å². The molecule has 148 valence electrons. The van der Waals surface area contributed by atoms with Crippen molar-refractivity contribution in [3.05, 3.63) is 41.3 Å². The summed E-state index contributed by atoms with van der Waals surface area (Å²) in [6.07, 6.45) is 2.22. The van der Waals surface area contributed by atoms with Gasteiger partial charge in [-0.15, -0.1) is 10.2 Å². The van der Waals surface area contributed by atoms with Gasteiger partial charge in [0, 0.05) is 5.75 Å². The number of thioether (sulfide) groups is 2. The Morgan fingerprint density at radius 3 is 2.78 bits per heavy atom. The second kappa shape index (κ2) is 10.0. The van der Waals surface area contributed by atoms with Crippen LogP contribution < -0.4 is 5.32 Å². The highest BCUT2D eigenvalue weighted by Gasteiger charge is 2.24. The van der Waals surface area contributed by atoms with E-state index in [9.17, 15) is 4.79 Å². The van der Waals surface area contributed by atoms with Gasteiger partial charge in [-0.05, 0) is 51.7 Å². The van der Waals surface area contributed by atoms with E-state index in [0.717, 1.165) is 11.5 Å². The topological polar surface area (TPSA) is 77.2 Å². The lowest BCUT2D eigenvalue weighted by molar-refractivity contribution is 0.0493. The number of alkyl carbamates (subject to hydrolysis) is 1. The molecule has 0 unspecified atom stereocenters. The molecule has 0 saturated carbocycles. The highest BCUT2D eigenvalue weighted by Crippen LogP contribution is 2.25. The summed E-state index contributed by atoms with van der Waals surface area (Å²) in [7, 11) is 0. The van der Waals surface area contributed by atoms with Crippen molar-refractivity contribution >= 4 is 29.6 Å². The molecule has 0 aliphatic rings. The van der Waals surface area contributed by atoms with Crippen molar-refractivity contribution < 1.29 is 13.9 Å². The third-order valence-corrected chi connectivity index (χ3v) is 5.00. The Morgan fingerprint density at radius 1 is 1.33 bits per heavy atom. The Bertz CT molecular complexity index is 744. The molecule has 0 aliphatic carbocycles. The SMILES string of the molecule is CSCC[C@@H](NC(=O)OC(C)(C)C)c1nnc(SCc2cccc(C)c2)o1. The molecule has 1 atom stereocenters. The average Bonchev–Trinajstić information content (AvgIpc) is 3.04. The Balaban J connectivity index is 2.00. The first-order chi connectivity index (χ1) is 12.8. The van der Waals surface area contributed by atoms with Gasteiger partial charge in [0.25, 0.3) is 5.22 Å². The number of amides is 1. The Labute approximate surface area is 169 Å². The Hall–Kier alpha value is -1.67. The van der Waals surface area contributed by atoms with Crippen LogP contribution in [0, 0.1) is 6.92 Å². The molecule has 2 aromatic rings. The average molecular weight is 410 g/mol. The molecule has 0 radical (unpaired) electrons. The largest absolute Gasteiger partial charge is 0.444 e. The first-order valence-electron chi connectivity index (χ1n) is 8.77. The highest BCUT2D eigenvalue weighted by atomic mass is 32.2. The first-order valence-corrected chi connectivity index (χ1v) is 11.1. The number of hydrogen-bond acceptors (Lipinski definition) is 7. The van der Waals surface area contributed by atoms with Crippen LogP contribution in [-0.2, 0) is 10.5 Å². The van der Waals surface area contributed by atoms with E-state index in [0.29, 0.717) is 17.5 Å². The van der Waals surface area contributed by atoms with Gasteiger partial charge in [-0.3, -0.25) is 0 Å². The van der Waals surface area contributed by atoms with E-state index in [1.54, 1.807) is 11.8 Å². The summed E-state index contributed by atoms with van der Waals surface area (Å²) in [6, 6.07) is 7.94. The van der Waals surface area contributed by atoms with Gasteiger partial charge in [-0.1, -0.05) is 41.6 Å². The highest BCUT2D eigenvalue weighted by molar-refractivity contribution is 7.98. The van der Waals surface area contributed by atoms with Gasteiger partial charge in [0.05, 0.1) is 0 Å². The van der Waals surface area contributed by atoms with Gasteiger partial charge < -0.3 is 14.5 Å². The molecule has 2 rings (SSSR count). The third-order valence-electron chi connectivity index (χ3n) is 3.47. The van der Waals surface area contributed by atoms with Crippen LogP contribution in [0.15, 0.2) is 33.9 Å². The minimum Gasteiger partial charge on any atom is -0.444 e. The second-order valence-corrected chi connectivity index (χ2v) is 9.08. The summed E-state index contributed by atoms with van der Waals surface area (Å²) in [5.41, 5.74) is 1.86. The molecule has 0 bridgehead atoms. The summed E-state index contributed by atoms with van der Waals surface area (Å²) in [4.78, 5) is 12.1. The van der Waals surface area contributed by atoms with E-state index in [1.807, 2.05) is 33.1 Å². The molecule has 0 fully saturated rings. The minimum atomic E-state index is -0.558. The van der Waals surface area contributed by atoms with Crippen LogP contribution in [0.1, 0.15) is 50.3 Å². The summed E-state index contributed by atoms with van der Waals surface area (Å²) < 4.78 is 11.1. The summed E-state index contributed by atoms with van der Waals surface area (Å²) in [6.45, 7) is 7.56. The van der Waals surface area contributed by atoms with Crippen LogP contribution in [0.2, 0.25) is 0 Å². The van der Waals surface area contributed by atoms with Crippen LogP contribution in [-0.4, -0.2) is 33.9 Å². The molecular formula is C19H27N3O3S2. The lowest BCUT2D eigenvalue weighted by Gasteiger charge is -2.22. The molecule has 0 aliphatic heterocycles. The Morgan fingerprint density at radius 2 is 2.11 bits per heavy atom. The van der Waals surface area contributed by atoms with Gasteiger partial charge in [-0.2, -0.15) is 11.8 Å². The molecule has 1 heterocycles. The standard InChI is InChI=1S/C19H27N3O3S2/c1-13-7-6-8-14(11-13)12-27-18-22-21-16(24-18)15(9-10-26-5)20-17(23)25-19(2,3)4/h6-8,11,15H,9-10,12H2,1-5H3,(H,20,23)/t15-/m1/s1. The number of carbonyl (C=O) groups excluding carboxylic acids is 1. The van der Waals surface area contributed by atoms with E-state index >= 15 is 0 Å². The van der Waals surface area contributed by atoms with Crippen LogP contribution >= 0.6 is 23.5 Å². The van der Waals surface area contributed by atoms with E-state index < -0.39 is 11.7 Å². The number of nitrogens with one attached hydrogen (secondary N) is 1. The van der Waals surface area contributed by atoms with Gasteiger partial charge in [0.2, 0.25) is 5.89 Å². The molecule has 1 aromatic carbocycles. The van der Waals surface area contributed by atoms with Crippen molar-refractivity contribution in [3.63, 3.8) is 0 Å². The molecular weight excluding hydrogens is 382 g/mol. The Kier molecular flexibility index (Phi) is 8.04. The number of benzene rings is 1. The minimum absolute atomic E-state index is 0.367. The molecule has 6 nitrogen and oxygen atoms in total. The van der Waals surface area contributed by atoms with Crippen LogP contribution in [0.5, 0.6) is 0 Å². The molecule has 0 spiro atoms. The molecule has 1 N–H and O–H groups in total. The van der Waals surface area contributed by atoms with Crippen molar-refractivity contribution in [2.45, 2.75) is 56.7 Å². The summed E-state index contributed by atoms with van der Waals surface area (Å²) in [5, 5.41) is 11.6. The lowest BCUT2D eigenvalue weighted by atomic mass is 10.2. The number of carbonyl (C=O) groups is 1. The van der Waals surface area contributed by atoms with Crippen LogP contribution in [0.3, 0.4) is 0 Å². The first kappa shape index (κ1) is 21.6. The second-order valence-electron chi connectivity index (χ2n) is 7.16. The maximum Gasteiger partial charge on any atom is 0.408 e. The normalized spacial score (nSPS) is 12.6. The van der Waals surface area contributed by atoms with Crippen molar-refractivity contribution in [2.75, 3.05) is 12.0 Å². The third kappa shape index (κ3) is 7.84. The lowest BCUT2D eigenvalue weighted by Crippen LogP contribution is -2.35. The van der Waals surface area contributed by atoms with E-state index in [4.69, 9.17) is 9.15 Å². The summed E-state index contributed by atoms with van der Waals surface area (Å²) >= 11 is 3.18. The molecule has 27 heavy (non-hydrogen) atoms. The zero-order valence-electron chi connectivity index (χ0n) is 16.4. The van der Waals surface area contributed by atoms with E-state index in [1.165, 1.54) is 22.9 Å². The smallest absolute Gasteiger partial charge is 0.408 e.